The van der Waals surface area contributed by atoms with E-state index in [9.17, 15) is 0 Å². The standard InChI is InChI=1S/C20H34O6/c1-3-9-21-11-13-23-15-17-25-19-5-7-20(8-6-19)26-18-16-24-14-12-22-10-4-2/h5-8H,3-4,9-18H2,1-2H3. The van der Waals surface area contributed by atoms with Crippen LogP contribution in [0.1, 0.15) is 26.7 Å². The summed E-state index contributed by atoms with van der Waals surface area (Å²) in [6.45, 7) is 10.3. The van der Waals surface area contributed by atoms with Gasteiger partial charge in [0, 0.05) is 13.2 Å². The van der Waals surface area contributed by atoms with E-state index in [1.54, 1.807) is 0 Å². The van der Waals surface area contributed by atoms with Gasteiger partial charge in [0.2, 0.25) is 0 Å². The molecule has 0 spiro atoms. The van der Waals surface area contributed by atoms with E-state index in [-0.39, 0.29) is 0 Å². The molecule has 150 valence electrons. The summed E-state index contributed by atoms with van der Waals surface area (Å²) >= 11 is 0. The number of ether oxygens (including phenoxy) is 6. The molecule has 1 aromatic carbocycles. The smallest absolute Gasteiger partial charge is 0.119 e. The fourth-order valence-electron chi connectivity index (χ4n) is 2.00. The highest BCUT2D eigenvalue weighted by Crippen LogP contribution is 2.17. The summed E-state index contributed by atoms with van der Waals surface area (Å²) in [5.41, 5.74) is 0. The quantitative estimate of drug-likeness (QED) is 0.370. The van der Waals surface area contributed by atoms with Crippen LogP contribution >= 0.6 is 0 Å². The molecule has 1 rings (SSSR count). The van der Waals surface area contributed by atoms with Crippen molar-refractivity contribution in [3.8, 4) is 11.5 Å². The SMILES string of the molecule is CCCOCCOCCOc1ccc(OCCOCCOCCC)cc1. The van der Waals surface area contributed by atoms with Crippen LogP contribution in [-0.2, 0) is 18.9 Å². The fourth-order valence-corrected chi connectivity index (χ4v) is 2.00. The van der Waals surface area contributed by atoms with Crippen molar-refractivity contribution in [3.05, 3.63) is 24.3 Å². The van der Waals surface area contributed by atoms with Crippen LogP contribution in [0.4, 0.5) is 0 Å². The Labute approximate surface area is 157 Å². The number of hydrogen-bond acceptors (Lipinski definition) is 6. The largest absolute Gasteiger partial charge is 0.491 e. The van der Waals surface area contributed by atoms with Gasteiger partial charge in [0.1, 0.15) is 24.7 Å². The number of hydrogen-bond donors (Lipinski definition) is 0. The Bertz CT molecular complexity index is 370. The van der Waals surface area contributed by atoms with E-state index < -0.39 is 0 Å². The van der Waals surface area contributed by atoms with Gasteiger partial charge in [0.25, 0.3) is 0 Å². The first-order valence-electron chi connectivity index (χ1n) is 9.53. The van der Waals surface area contributed by atoms with Gasteiger partial charge in [0.05, 0.1) is 39.6 Å². The van der Waals surface area contributed by atoms with Crippen LogP contribution < -0.4 is 9.47 Å². The lowest BCUT2D eigenvalue weighted by molar-refractivity contribution is 0.0362. The van der Waals surface area contributed by atoms with E-state index in [2.05, 4.69) is 13.8 Å². The van der Waals surface area contributed by atoms with Gasteiger partial charge in [-0.15, -0.1) is 0 Å². The summed E-state index contributed by atoms with van der Waals surface area (Å²) in [4.78, 5) is 0. The molecule has 0 fully saturated rings. The molecule has 0 aromatic heterocycles. The molecule has 0 amide bonds. The Morgan fingerprint density at radius 2 is 0.769 bits per heavy atom. The molecular formula is C20H34O6. The van der Waals surface area contributed by atoms with Gasteiger partial charge in [-0.05, 0) is 37.1 Å². The predicted octanol–water partition coefficient (Wildman–Crippen LogP) is 3.33. The van der Waals surface area contributed by atoms with Gasteiger partial charge in [-0.3, -0.25) is 0 Å². The second-order valence-electron chi connectivity index (χ2n) is 5.62. The molecule has 0 atom stereocenters. The Balaban J connectivity index is 1.98. The van der Waals surface area contributed by atoms with Crippen molar-refractivity contribution in [1.82, 2.24) is 0 Å². The van der Waals surface area contributed by atoms with Crippen molar-refractivity contribution in [1.29, 1.82) is 0 Å². The molecule has 0 N–H and O–H groups in total. The van der Waals surface area contributed by atoms with Gasteiger partial charge in [-0.25, -0.2) is 0 Å². The molecule has 26 heavy (non-hydrogen) atoms. The van der Waals surface area contributed by atoms with Crippen molar-refractivity contribution in [2.45, 2.75) is 26.7 Å². The Morgan fingerprint density at radius 1 is 0.462 bits per heavy atom. The third kappa shape index (κ3) is 12.9. The van der Waals surface area contributed by atoms with Gasteiger partial charge in [-0.2, -0.15) is 0 Å². The molecule has 0 aliphatic heterocycles. The molecule has 0 heterocycles. The van der Waals surface area contributed by atoms with Crippen molar-refractivity contribution in [3.63, 3.8) is 0 Å². The lowest BCUT2D eigenvalue weighted by atomic mass is 10.3. The maximum Gasteiger partial charge on any atom is 0.119 e. The minimum Gasteiger partial charge on any atom is -0.491 e. The van der Waals surface area contributed by atoms with Crippen LogP contribution in [0.5, 0.6) is 11.5 Å². The highest BCUT2D eigenvalue weighted by molar-refractivity contribution is 5.31. The molecule has 0 aliphatic rings. The number of rotatable bonds is 18. The zero-order chi connectivity index (χ0) is 18.7. The van der Waals surface area contributed by atoms with E-state index in [1.165, 1.54) is 0 Å². The topological polar surface area (TPSA) is 55.4 Å². The maximum atomic E-state index is 5.62. The molecule has 0 radical (unpaired) electrons. The normalized spacial score (nSPS) is 10.8. The lowest BCUT2D eigenvalue weighted by Gasteiger charge is -2.10. The van der Waals surface area contributed by atoms with Crippen LogP contribution in [-0.4, -0.2) is 66.1 Å². The zero-order valence-corrected chi connectivity index (χ0v) is 16.2. The van der Waals surface area contributed by atoms with Crippen LogP contribution in [0.3, 0.4) is 0 Å². The molecular weight excluding hydrogens is 336 g/mol. The van der Waals surface area contributed by atoms with E-state index >= 15 is 0 Å². The summed E-state index contributed by atoms with van der Waals surface area (Å²) < 4.78 is 32.8. The molecule has 6 heteroatoms. The summed E-state index contributed by atoms with van der Waals surface area (Å²) in [7, 11) is 0. The van der Waals surface area contributed by atoms with Gasteiger partial charge >= 0.3 is 0 Å². The second kappa shape index (κ2) is 17.1. The van der Waals surface area contributed by atoms with Gasteiger partial charge in [0.15, 0.2) is 0 Å². The average Bonchev–Trinajstić information content (AvgIpc) is 2.67. The fraction of sp³-hybridized carbons (Fsp3) is 0.700. The van der Waals surface area contributed by atoms with E-state index in [4.69, 9.17) is 28.4 Å². The highest BCUT2D eigenvalue weighted by atomic mass is 16.5. The van der Waals surface area contributed by atoms with Crippen molar-refractivity contribution >= 4 is 0 Å². The molecule has 0 saturated heterocycles. The minimum absolute atomic E-state index is 0.516. The summed E-state index contributed by atoms with van der Waals surface area (Å²) in [5.74, 6) is 1.60. The van der Waals surface area contributed by atoms with Crippen LogP contribution in [0.2, 0.25) is 0 Å². The maximum absolute atomic E-state index is 5.62. The molecule has 1 aromatic rings. The first-order valence-corrected chi connectivity index (χ1v) is 9.53. The third-order valence-corrected chi connectivity index (χ3v) is 3.26. The molecule has 0 bridgehead atoms. The lowest BCUT2D eigenvalue weighted by Crippen LogP contribution is -2.11. The molecule has 6 nitrogen and oxygen atoms in total. The predicted molar refractivity (Wildman–Crippen MR) is 101 cm³/mol. The summed E-state index contributed by atoms with van der Waals surface area (Å²) in [6, 6.07) is 7.55. The molecule has 0 unspecified atom stereocenters. The summed E-state index contributed by atoms with van der Waals surface area (Å²) in [5, 5.41) is 0. The van der Waals surface area contributed by atoms with Gasteiger partial charge in [-0.1, -0.05) is 13.8 Å². The Hall–Kier alpha value is -1.34. The van der Waals surface area contributed by atoms with Crippen LogP contribution in [0.25, 0.3) is 0 Å². The Kier molecular flexibility index (Phi) is 14.9. The van der Waals surface area contributed by atoms with E-state index in [0.29, 0.717) is 52.9 Å². The van der Waals surface area contributed by atoms with E-state index in [1.807, 2.05) is 24.3 Å². The second-order valence-corrected chi connectivity index (χ2v) is 5.62. The zero-order valence-electron chi connectivity index (χ0n) is 16.2. The Morgan fingerprint density at radius 3 is 1.12 bits per heavy atom. The molecule has 0 saturated carbocycles. The monoisotopic (exact) mass is 370 g/mol. The first-order chi connectivity index (χ1) is 12.9. The first kappa shape index (κ1) is 22.7. The van der Waals surface area contributed by atoms with Crippen LogP contribution in [0, 0.1) is 0 Å². The van der Waals surface area contributed by atoms with Crippen molar-refractivity contribution in [2.24, 2.45) is 0 Å². The third-order valence-electron chi connectivity index (χ3n) is 3.26. The van der Waals surface area contributed by atoms with E-state index in [0.717, 1.165) is 37.6 Å². The minimum atomic E-state index is 0.516. The average molecular weight is 370 g/mol. The highest BCUT2D eigenvalue weighted by Gasteiger charge is 1.98. The summed E-state index contributed by atoms with van der Waals surface area (Å²) in [6.07, 6.45) is 2.06. The van der Waals surface area contributed by atoms with Crippen molar-refractivity contribution < 1.29 is 28.4 Å². The van der Waals surface area contributed by atoms with Crippen molar-refractivity contribution in [2.75, 3.05) is 66.1 Å². The number of benzene rings is 1. The van der Waals surface area contributed by atoms with Crippen LogP contribution in [0.15, 0.2) is 24.3 Å². The van der Waals surface area contributed by atoms with Gasteiger partial charge < -0.3 is 28.4 Å². The molecule has 0 aliphatic carbocycles.